The molecule has 0 aliphatic carbocycles. The van der Waals surface area contributed by atoms with E-state index < -0.39 is 47.9 Å². The SMILES string of the molecule is CCOC(=O)Cc1cc(OC(F)(F)F)c(F)nc1C(F)(F)F. The Balaban J connectivity index is 3.29. The van der Waals surface area contributed by atoms with Crippen LogP contribution in [0.25, 0.3) is 0 Å². The van der Waals surface area contributed by atoms with Gasteiger partial charge in [-0.2, -0.15) is 17.6 Å². The first-order chi connectivity index (χ1) is 9.94. The van der Waals surface area contributed by atoms with Crippen molar-refractivity contribution in [2.45, 2.75) is 25.9 Å². The molecule has 0 atom stereocenters. The van der Waals surface area contributed by atoms with Gasteiger partial charge < -0.3 is 9.47 Å². The molecule has 4 nitrogen and oxygen atoms in total. The van der Waals surface area contributed by atoms with Crippen LogP contribution in [-0.2, 0) is 22.1 Å². The zero-order valence-corrected chi connectivity index (χ0v) is 10.8. The summed E-state index contributed by atoms with van der Waals surface area (Å²) in [5.74, 6) is -4.81. The van der Waals surface area contributed by atoms with Gasteiger partial charge in [0.2, 0.25) is 0 Å². The zero-order valence-electron chi connectivity index (χ0n) is 10.8. The second kappa shape index (κ2) is 6.36. The highest BCUT2D eigenvalue weighted by Gasteiger charge is 2.39. The number of hydrogen-bond acceptors (Lipinski definition) is 4. The van der Waals surface area contributed by atoms with Crippen LogP contribution in [0.4, 0.5) is 30.7 Å². The summed E-state index contributed by atoms with van der Waals surface area (Å²) in [7, 11) is 0. The maximum Gasteiger partial charge on any atom is 0.573 e. The number of carbonyl (C=O) groups excluding carboxylic acids is 1. The van der Waals surface area contributed by atoms with Gasteiger partial charge in [-0.15, -0.1) is 13.2 Å². The molecule has 1 aromatic heterocycles. The second-order valence-corrected chi connectivity index (χ2v) is 3.81. The highest BCUT2D eigenvalue weighted by molar-refractivity contribution is 5.73. The first-order valence-corrected chi connectivity index (χ1v) is 5.62. The number of hydrogen-bond donors (Lipinski definition) is 0. The van der Waals surface area contributed by atoms with E-state index in [1.807, 2.05) is 0 Å². The van der Waals surface area contributed by atoms with Crippen LogP contribution in [0.5, 0.6) is 5.75 Å². The van der Waals surface area contributed by atoms with Crippen LogP contribution in [0.15, 0.2) is 6.07 Å². The third-order valence-corrected chi connectivity index (χ3v) is 2.16. The molecule has 1 heterocycles. The van der Waals surface area contributed by atoms with E-state index in [0.29, 0.717) is 0 Å². The largest absolute Gasteiger partial charge is 0.573 e. The van der Waals surface area contributed by atoms with Crippen LogP contribution < -0.4 is 4.74 Å². The predicted molar refractivity (Wildman–Crippen MR) is 56.2 cm³/mol. The second-order valence-electron chi connectivity index (χ2n) is 3.81. The van der Waals surface area contributed by atoms with E-state index in [4.69, 9.17) is 0 Å². The lowest BCUT2D eigenvalue weighted by atomic mass is 10.1. The van der Waals surface area contributed by atoms with Crippen LogP contribution >= 0.6 is 0 Å². The number of alkyl halides is 6. The summed E-state index contributed by atoms with van der Waals surface area (Å²) in [6, 6.07) is 0.121. The Labute approximate surface area is 118 Å². The Hall–Kier alpha value is -2.07. The summed E-state index contributed by atoms with van der Waals surface area (Å²) in [5, 5.41) is 0. The first kappa shape index (κ1) is 18.0. The fourth-order valence-corrected chi connectivity index (χ4v) is 1.46. The molecule has 0 aliphatic rings. The summed E-state index contributed by atoms with van der Waals surface area (Å²) in [5.41, 5.74) is -2.82. The zero-order chi connectivity index (χ0) is 17.1. The highest BCUT2D eigenvalue weighted by atomic mass is 19.4. The monoisotopic (exact) mass is 335 g/mol. The minimum atomic E-state index is -5.33. The minimum absolute atomic E-state index is 0.121. The summed E-state index contributed by atoms with van der Waals surface area (Å²) in [6.45, 7) is 1.23. The lowest BCUT2D eigenvalue weighted by molar-refractivity contribution is -0.275. The Kier molecular flexibility index (Phi) is 5.20. The maximum absolute atomic E-state index is 13.2. The normalized spacial score (nSPS) is 12.2. The Morgan fingerprint density at radius 1 is 1.23 bits per heavy atom. The van der Waals surface area contributed by atoms with Gasteiger partial charge in [-0.3, -0.25) is 4.79 Å². The molecule has 0 unspecified atom stereocenters. The molecule has 0 spiro atoms. The summed E-state index contributed by atoms with van der Waals surface area (Å²) < 4.78 is 95.0. The maximum atomic E-state index is 13.2. The number of halogens is 7. The van der Waals surface area contributed by atoms with Crippen molar-refractivity contribution in [2.75, 3.05) is 6.61 Å². The fourth-order valence-electron chi connectivity index (χ4n) is 1.46. The first-order valence-electron chi connectivity index (χ1n) is 5.62. The van der Waals surface area contributed by atoms with E-state index in [0.717, 1.165) is 0 Å². The number of nitrogens with zero attached hydrogens (tertiary/aromatic N) is 1. The molecule has 0 saturated heterocycles. The van der Waals surface area contributed by atoms with Crippen LogP contribution in [0, 0.1) is 5.95 Å². The Bertz CT molecular complexity index is 554. The number of esters is 1. The van der Waals surface area contributed by atoms with Crippen molar-refractivity contribution >= 4 is 5.97 Å². The summed E-state index contributed by atoms with van der Waals surface area (Å²) in [6.07, 6.45) is -11.5. The van der Waals surface area contributed by atoms with E-state index in [1.165, 1.54) is 6.92 Å². The molecule has 1 rings (SSSR count). The van der Waals surface area contributed by atoms with Gasteiger partial charge in [0.25, 0.3) is 5.95 Å². The van der Waals surface area contributed by atoms with Crippen molar-refractivity contribution in [3.05, 3.63) is 23.3 Å². The van der Waals surface area contributed by atoms with Crippen LogP contribution in [0.3, 0.4) is 0 Å². The van der Waals surface area contributed by atoms with E-state index in [-0.39, 0.29) is 12.7 Å². The van der Waals surface area contributed by atoms with E-state index in [9.17, 15) is 35.5 Å². The van der Waals surface area contributed by atoms with Gasteiger partial charge in [0.05, 0.1) is 13.0 Å². The van der Waals surface area contributed by atoms with Gasteiger partial charge in [-0.1, -0.05) is 0 Å². The molecule has 0 amide bonds. The quantitative estimate of drug-likeness (QED) is 0.481. The standard InChI is InChI=1S/C11H8F7NO3/c1-2-21-7(20)4-5-3-6(22-11(16,17)18)9(12)19-8(5)10(13,14)15/h3H,2,4H2,1H3. The van der Waals surface area contributed by atoms with Crippen molar-refractivity contribution in [2.24, 2.45) is 0 Å². The Morgan fingerprint density at radius 2 is 1.82 bits per heavy atom. The van der Waals surface area contributed by atoms with E-state index >= 15 is 0 Å². The average Bonchev–Trinajstić information content (AvgIpc) is 2.30. The molecule has 0 radical (unpaired) electrons. The van der Waals surface area contributed by atoms with Gasteiger partial charge in [0, 0.05) is 0 Å². The van der Waals surface area contributed by atoms with Gasteiger partial charge in [0.15, 0.2) is 11.4 Å². The molecule has 0 aromatic carbocycles. The molecular weight excluding hydrogens is 327 g/mol. The van der Waals surface area contributed by atoms with Crippen molar-refractivity contribution in [3.8, 4) is 5.75 Å². The average molecular weight is 335 g/mol. The number of pyridine rings is 1. The lowest BCUT2D eigenvalue weighted by Crippen LogP contribution is -2.21. The summed E-state index contributed by atoms with van der Waals surface area (Å²) >= 11 is 0. The number of carbonyl (C=O) groups is 1. The summed E-state index contributed by atoms with van der Waals surface area (Å²) in [4.78, 5) is 13.6. The topological polar surface area (TPSA) is 48.4 Å². The molecule has 0 saturated carbocycles. The van der Waals surface area contributed by atoms with Crippen molar-refractivity contribution < 1.29 is 45.0 Å². The van der Waals surface area contributed by atoms with Crippen LogP contribution in [0.1, 0.15) is 18.2 Å². The molecule has 1 aromatic rings. The van der Waals surface area contributed by atoms with Gasteiger partial charge >= 0.3 is 18.5 Å². The van der Waals surface area contributed by atoms with Crippen molar-refractivity contribution in [1.82, 2.24) is 4.98 Å². The molecule has 0 bridgehead atoms. The molecule has 0 N–H and O–H groups in total. The van der Waals surface area contributed by atoms with Gasteiger partial charge in [0.1, 0.15) is 0 Å². The molecular formula is C11H8F7NO3. The molecule has 11 heteroatoms. The van der Waals surface area contributed by atoms with Crippen molar-refractivity contribution in [3.63, 3.8) is 0 Å². The fraction of sp³-hybridized carbons (Fsp3) is 0.455. The number of aromatic nitrogens is 1. The smallest absolute Gasteiger partial charge is 0.466 e. The van der Waals surface area contributed by atoms with Crippen LogP contribution in [0.2, 0.25) is 0 Å². The van der Waals surface area contributed by atoms with Crippen LogP contribution in [-0.4, -0.2) is 23.9 Å². The van der Waals surface area contributed by atoms with E-state index in [2.05, 4.69) is 14.5 Å². The third-order valence-electron chi connectivity index (χ3n) is 2.16. The molecule has 0 fully saturated rings. The van der Waals surface area contributed by atoms with Gasteiger partial charge in [-0.05, 0) is 18.6 Å². The third kappa shape index (κ3) is 5.04. The minimum Gasteiger partial charge on any atom is -0.466 e. The Morgan fingerprint density at radius 3 is 2.27 bits per heavy atom. The lowest BCUT2D eigenvalue weighted by Gasteiger charge is -2.15. The predicted octanol–water partition coefficient (Wildman–Crippen LogP) is 3.24. The highest BCUT2D eigenvalue weighted by Crippen LogP contribution is 2.34. The number of rotatable bonds is 4. The van der Waals surface area contributed by atoms with Gasteiger partial charge in [-0.25, -0.2) is 4.98 Å². The molecule has 124 valence electrons. The molecule has 22 heavy (non-hydrogen) atoms. The number of ether oxygens (including phenoxy) is 2. The molecule has 0 aliphatic heterocycles. The van der Waals surface area contributed by atoms with Crippen molar-refractivity contribution in [1.29, 1.82) is 0 Å². The van der Waals surface area contributed by atoms with E-state index in [1.54, 1.807) is 0 Å².